The third kappa shape index (κ3) is 2.71. The van der Waals surface area contributed by atoms with Crippen molar-refractivity contribution in [3.05, 3.63) is 66.0 Å². The lowest BCUT2D eigenvalue weighted by Gasteiger charge is -2.13. The summed E-state index contributed by atoms with van der Waals surface area (Å²) in [5.74, 6) is -0.882. The van der Waals surface area contributed by atoms with Gasteiger partial charge in [0.2, 0.25) is 0 Å². The van der Waals surface area contributed by atoms with E-state index in [9.17, 15) is 24.5 Å². The zero-order valence-corrected chi connectivity index (χ0v) is 14.4. The van der Waals surface area contributed by atoms with Crippen LogP contribution in [0.25, 0.3) is 5.69 Å². The first-order valence-corrected chi connectivity index (χ1v) is 8.16. The standard InChI is InChI=1S/C17H17N3O6/c1-3-26-16(22)12-9-10(7-8-14(12)20(24)25)19-15(21)11-5-4-6-13(11)18(2)17(19)23/h7-9H,3-6H2,1-2H3. The Balaban J connectivity index is 2.26. The van der Waals surface area contributed by atoms with Gasteiger partial charge >= 0.3 is 11.7 Å². The molecule has 136 valence electrons. The molecule has 0 amide bonds. The van der Waals surface area contributed by atoms with Gasteiger partial charge in [-0.2, -0.15) is 0 Å². The number of hydrogen-bond donors (Lipinski definition) is 0. The number of benzene rings is 1. The van der Waals surface area contributed by atoms with Crippen molar-refractivity contribution in [2.24, 2.45) is 7.05 Å². The van der Waals surface area contributed by atoms with Crippen LogP contribution in [0.3, 0.4) is 0 Å². The second kappa shape index (κ2) is 6.58. The van der Waals surface area contributed by atoms with Gasteiger partial charge in [-0.1, -0.05) is 0 Å². The summed E-state index contributed by atoms with van der Waals surface area (Å²) in [7, 11) is 1.58. The monoisotopic (exact) mass is 359 g/mol. The average molecular weight is 359 g/mol. The summed E-state index contributed by atoms with van der Waals surface area (Å²) in [6, 6.07) is 3.53. The van der Waals surface area contributed by atoms with E-state index in [1.807, 2.05) is 0 Å². The summed E-state index contributed by atoms with van der Waals surface area (Å²) < 4.78 is 7.21. The van der Waals surface area contributed by atoms with Crippen molar-refractivity contribution in [3.63, 3.8) is 0 Å². The Hall–Kier alpha value is -3.23. The van der Waals surface area contributed by atoms with Crippen LogP contribution in [0.15, 0.2) is 27.8 Å². The van der Waals surface area contributed by atoms with Crippen molar-refractivity contribution < 1.29 is 14.5 Å². The number of aromatic nitrogens is 2. The van der Waals surface area contributed by atoms with Gasteiger partial charge in [0.1, 0.15) is 5.56 Å². The quantitative estimate of drug-likeness (QED) is 0.459. The maximum atomic E-state index is 12.8. The summed E-state index contributed by atoms with van der Waals surface area (Å²) >= 11 is 0. The Bertz CT molecular complexity index is 1030. The molecule has 1 aliphatic carbocycles. The van der Waals surface area contributed by atoms with E-state index >= 15 is 0 Å². The number of rotatable bonds is 4. The second-order valence-electron chi connectivity index (χ2n) is 5.94. The molecule has 9 heteroatoms. The Kier molecular flexibility index (Phi) is 4.45. The minimum atomic E-state index is -0.882. The Labute approximate surface area is 147 Å². The van der Waals surface area contributed by atoms with E-state index in [2.05, 4.69) is 0 Å². The number of nitrogens with zero attached hydrogens (tertiary/aromatic N) is 3. The topological polar surface area (TPSA) is 113 Å². The predicted molar refractivity (Wildman–Crippen MR) is 91.9 cm³/mol. The maximum Gasteiger partial charge on any atom is 0.345 e. The van der Waals surface area contributed by atoms with Crippen LogP contribution in [0, 0.1) is 10.1 Å². The molecule has 1 heterocycles. The normalized spacial score (nSPS) is 12.7. The first-order valence-electron chi connectivity index (χ1n) is 8.16. The number of fused-ring (bicyclic) bond motifs is 1. The van der Waals surface area contributed by atoms with Crippen molar-refractivity contribution in [3.8, 4) is 5.69 Å². The van der Waals surface area contributed by atoms with Crippen LogP contribution in [0.1, 0.15) is 35.0 Å². The molecular weight excluding hydrogens is 342 g/mol. The fraction of sp³-hybridized carbons (Fsp3) is 0.353. The van der Waals surface area contributed by atoms with Crippen molar-refractivity contribution in [2.45, 2.75) is 26.2 Å². The zero-order chi connectivity index (χ0) is 19.0. The highest BCUT2D eigenvalue weighted by molar-refractivity contribution is 5.94. The van der Waals surface area contributed by atoms with Crippen LogP contribution in [0.2, 0.25) is 0 Å². The van der Waals surface area contributed by atoms with Crippen LogP contribution in [0.4, 0.5) is 5.69 Å². The van der Waals surface area contributed by atoms with Crippen molar-refractivity contribution in [1.29, 1.82) is 0 Å². The molecule has 0 spiro atoms. The van der Waals surface area contributed by atoms with Crippen molar-refractivity contribution >= 4 is 11.7 Å². The molecule has 0 aliphatic heterocycles. The molecule has 26 heavy (non-hydrogen) atoms. The number of carbonyl (C=O) groups is 1. The van der Waals surface area contributed by atoms with Gasteiger partial charge in [0, 0.05) is 24.4 Å². The van der Waals surface area contributed by atoms with E-state index < -0.39 is 27.8 Å². The molecule has 0 saturated heterocycles. The van der Waals surface area contributed by atoms with Crippen LogP contribution >= 0.6 is 0 Å². The summed E-state index contributed by atoms with van der Waals surface area (Å²) in [4.78, 5) is 48.0. The molecule has 0 radical (unpaired) electrons. The van der Waals surface area contributed by atoms with Crippen LogP contribution in [0.5, 0.6) is 0 Å². The smallest absolute Gasteiger partial charge is 0.345 e. The number of ether oxygens (including phenoxy) is 1. The highest BCUT2D eigenvalue weighted by atomic mass is 16.6. The van der Waals surface area contributed by atoms with Crippen molar-refractivity contribution in [2.75, 3.05) is 6.61 Å². The van der Waals surface area contributed by atoms with Gasteiger partial charge in [-0.3, -0.25) is 14.9 Å². The number of nitro groups is 1. The van der Waals surface area contributed by atoms with Gasteiger partial charge in [-0.15, -0.1) is 0 Å². The number of esters is 1. The molecule has 1 aromatic heterocycles. The first-order chi connectivity index (χ1) is 12.4. The van der Waals surface area contributed by atoms with E-state index in [0.29, 0.717) is 24.1 Å². The van der Waals surface area contributed by atoms with E-state index in [4.69, 9.17) is 4.74 Å². The molecule has 0 saturated carbocycles. The summed E-state index contributed by atoms with van der Waals surface area (Å²) in [6.07, 6.45) is 2.02. The van der Waals surface area contributed by atoms with Gasteiger partial charge in [-0.25, -0.2) is 14.2 Å². The minimum Gasteiger partial charge on any atom is -0.462 e. The van der Waals surface area contributed by atoms with Gasteiger partial charge in [0.15, 0.2) is 0 Å². The van der Waals surface area contributed by atoms with Crippen LogP contribution in [-0.2, 0) is 24.6 Å². The summed E-state index contributed by atoms with van der Waals surface area (Å²) in [6.45, 7) is 1.62. The zero-order valence-electron chi connectivity index (χ0n) is 14.4. The molecule has 0 fully saturated rings. The number of carbonyl (C=O) groups excluding carboxylic acids is 1. The minimum absolute atomic E-state index is 0.0424. The van der Waals surface area contributed by atoms with Crippen LogP contribution < -0.4 is 11.2 Å². The molecule has 1 aromatic carbocycles. The van der Waals surface area contributed by atoms with Gasteiger partial charge in [0.25, 0.3) is 11.2 Å². The average Bonchev–Trinajstić information content (AvgIpc) is 3.10. The largest absolute Gasteiger partial charge is 0.462 e. The first kappa shape index (κ1) is 17.6. The number of nitro benzene ring substituents is 1. The molecule has 0 N–H and O–H groups in total. The molecule has 1 aliphatic rings. The predicted octanol–water partition coefficient (Wildman–Crippen LogP) is 1.11. The number of hydrogen-bond acceptors (Lipinski definition) is 6. The van der Waals surface area contributed by atoms with Crippen LogP contribution in [-0.4, -0.2) is 26.6 Å². The summed E-state index contributed by atoms with van der Waals surface area (Å²) in [5, 5.41) is 11.2. The molecule has 0 bridgehead atoms. The Morgan fingerprint density at radius 2 is 2.04 bits per heavy atom. The SMILES string of the molecule is CCOC(=O)c1cc(-n2c(=O)c3c(n(C)c2=O)CCC3)ccc1[N+](=O)[O-]. The van der Waals surface area contributed by atoms with Gasteiger partial charge in [0.05, 0.1) is 17.2 Å². The fourth-order valence-electron chi connectivity index (χ4n) is 3.24. The molecule has 9 nitrogen and oxygen atoms in total. The van der Waals surface area contributed by atoms with E-state index in [0.717, 1.165) is 23.1 Å². The highest BCUT2D eigenvalue weighted by Gasteiger charge is 2.25. The molecule has 3 rings (SSSR count). The lowest BCUT2D eigenvalue weighted by Crippen LogP contribution is -2.40. The highest BCUT2D eigenvalue weighted by Crippen LogP contribution is 2.23. The Morgan fingerprint density at radius 3 is 2.69 bits per heavy atom. The van der Waals surface area contributed by atoms with Gasteiger partial charge in [-0.05, 0) is 38.3 Å². The van der Waals surface area contributed by atoms with Gasteiger partial charge < -0.3 is 9.30 Å². The molecule has 2 aromatic rings. The summed E-state index contributed by atoms with van der Waals surface area (Å²) in [5.41, 5.74) is -0.392. The van der Waals surface area contributed by atoms with E-state index in [1.165, 1.54) is 10.6 Å². The lowest BCUT2D eigenvalue weighted by atomic mass is 10.1. The van der Waals surface area contributed by atoms with E-state index in [-0.39, 0.29) is 17.9 Å². The molecule has 0 unspecified atom stereocenters. The molecule has 0 atom stereocenters. The maximum absolute atomic E-state index is 12.8. The lowest BCUT2D eigenvalue weighted by molar-refractivity contribution is -0.385. The third-order valence-corrected chi connectivity index (χ3v) is 4.46. The van der Waals surface area contributed by atoms with Crippen molar-refractivity contribution in [1.82, 2.24) is 9.13 Å². The Morgan fingerprint density at radius 1 is 1.31 bits per heavy atom. The second-order valence-corrected chi connectivity index (χ2v) is 5.94. The van der Waals surface area contributed by atoms with E-state index in [1.54, 1.807) is 14.0 Å². The molecular formula is C17H17N3O6. The fourth-order valence-corrected chi connectivity index (χ4v) is 3.24. The third-order valence-electron chi connectivity index (χ3n) is 4.46.